The first-order chi connectivity index (χ1) is 15.2. The molecule has 32 heavy (non-hydrogen) atoms. The summed E-state index contributed by atoms with van der Waals surface area (Å²) >= 11 is 0. The fourth-order valence-corrected chi connectivity index (χ4v) is 4.41. The van der Waals surface area contributed by atoms with Gasteiger partial charge in [-0.15, -0.1) is 0 Å². The van der Waals surface area contributed by atoms with Crippen molar-refractivity contribution in [3.8, 4) is 11.3 Å². The number of carboxylic acids is 2. The molecule has 1 aromatic heterocycles. The van der Waals surface area contributed by atoms with Gasteiger partial charge in [-0.05, 0) is 26.8 Å². The molecule has 2 N–H and O–H groups in total. The number of aliphatic carboxylic acids is 2. The molecule has 4 rings (SSSR count). The number of rotatable bonds is 4. The lowest BCUT2D eigenvalue weighted by Crippen LogP contribution is -2.35. The minimum Gasteiger partial charge on any atom is -0.481 e. The number of benzene rings is 2. The standard InChI is InChI=1S/C25H21NO6/c1-12-21(27)17-11-7-10-16(23(17)32-22(12)15-8-5-4-6-9-15)20-18(24(28)29)13(2)26-14(3)19(20)25(30)31/h4-11,18,20H,1-3H3,(H,28,29)(H,30,31). The molecule has 0 saturated heterocycles. The average Bonchev–Trinajstić information content (AvgIpc) is 2.75. The molecular formula is C25H21NO6. The summed E-state index contributed by atoms with van der Waals surface area (Å²) in [5, 5.41) is 20.1. The van der Waals surface area contributed by atoms with Gasteiger partial charge in [0.05, 0.1) is 11.0 Å². The Kier molecular flexibility index (Phi) is 5.26. The van der Waals surface area contributed by atoms with Crippen LogP contribution in [0.5, 0.6) is 0 Å². The van der Waals surface area contributed by atoms with Crippen molar-refractivity contribution in [1.29, 1.82) is 0 Å². The monoisotopic (exact) mass is 431 g/mol. The molecule has 0 spiro atoms. The normalized spacial score (nSPS) is 18.5. The van der Waals surface area contributed by atoms with E-state index in [0.29, 0.717) is 28.2 Å². The zero-order valence-electron chi connectivity index (χ0n) is 17.7. The van der Waals surface area contributed by atoms with E-state index >= 15 is 0 Å². The molecule has 3 aromatic rings. The number of fused-ring (bicyclic) bond motifs is 1. The van der Waals surface area contributed by atoms with Gasteiger partial charge in [-0.1, -0.05) is 42.5 Å². The molecule has 7 heteroatoms. The van der Waals surface area contributed by atoms with Gasteiger partial charge in [0, 0.05) is 34.0 Å². The lowest BCUT2D eigenvalue weighted by atomic mass is 9.75. The third-order valence-electron chi connectivity index (χ3n) is 5.87. The van der Waals surface area contributed by atoms with Crippen molar-refractivity contribution in [1.82, 2.24) is 0 Å². The Morgan fingerprint density at radius 1 is 0.969 bits per heavy atom. The Hall–Kier alpha value is -4.00. The Labute approximate surface area is 183 Å². The molecule has 1 aliphatic rings. The van der Waals surface area contributed by atoms with Crippen molar-refractivity contribution < 1.29 is 24.2 Å². The van der Waals surface area contributed by atoms with Crippen LogP contribution in [0.15, 0.2) is 74.0 Å². The van der Waals surface area contributed by atoms with Gasteiger partial charge in [0.1, 0.15) is 17.3 Å². The Bertz CT molecular complexity index is 1380. The van der Waals surface area contributed by atoms with E-state index in [9.17, 15) is 24.6 Å². The Morgan fingerprint density at radius 2 is 1.66 bits per heavy atom. The number of carboxylic acid groups (broad SMARTS) is 2. The lowest BCUT2D eigenvalue weighted by Gasteiger charge is -2.30. The van der Waals surface area contributed by atoms with Crippen LogP contribution in [0, 0.1) is 12.8 Å². The van der Waals surface area contributed by atoms with E-state index in [1.807, 2.05) is 30.3 Å². The van der Waals surface area contributed by atoms with E-state index in [4.69, 9.17) is 4.42 Å². The summed E-state index contributed by atoms with van der Waals surface area (Å²) < 4.78 is 6.22. The van der Waals surface area contributed by atoms with Crippen molar-refractivity contribution in [2.24, 2.45) is 10.9 Å². The first-order valence-electron chi connectivity index (χ1n) is 10.1. The highest BCUT2D eigenvalue weighted by Crippen LogP contribution is 2.42. The summed E-state index contributed by atoms with van der Waals surface area (Å²) in [6.45, 7) is 4.78. The van der Waals surface area contributed by atoms with Crippen LogP contribution < -0.4 is 5.43 Å². The van der Waals surface area contributed by atoms with Gasteiger partial charge in [-0.3, -0.25) is 14.6 Å². The van der Waals surface area contributed by atoms with Gasteiger partial charge in [-0.2, -0.15) is 0 Å². The van der Waals surface area contributed by atoms with E-state index in [2.05, 4.69) is 4.99 Å². The van der Waals surface area contributed by atoms with E-state index in [1.54, 1.807) is 39.0 Å². The fraction of sp³-hybridized carbons (Fsp3) is 0.200. The molecule has 2 atom stereocenters. The van der Waals surface area contributed by atoms with Gasteiger partial charge in [-0.25, -0.2) is 4.79 Å². The molecule has 0 bridgehead atoms. The molecule has 162 valence electrons. The number of hydrogen-bond donors (Lipinski definition) is 2. The first-order valence-corrected chi connectivity index (χ1v) is 10.1. The second-order valence-electron chi connectivity index (χ2n) is 7.83. The smallest absolute Gasteiger partial charge is 0.334 e. The van der Waals surface area contributed by atoms with E-state index in [0.717, 1.165) is 0 Å². The lowest BCUT2D eigenvalue weighted by molar-refractivity contribution is -0.140. The molecule has 2 heterocycles. The van der Waals surface area contributed by atoms with Crippen LogP contribution >= 0.6 is 0 Å². The molecule has 0 fully saturated rings. The van der Waals surface area contributed by atoms with Crippen molar-refractivity contribution in [2.45, 2.75) is 26.7 Å². The topological polar surface area (TPSA) is 117 Å². The molecule has 0 saturated carbocycles. The maximum atomic E-state index is 13.2. The Balaban J connectivity index is 2.09. The summed E-state index contributed by atoms with van der Waals surface area (Å²) in [5.74, 6) is -4.37. The van der Waals surface area contributed by atoms with Gasteiger partial charge < -0.3 is 14.6 Å². The molecule has 2 unspecified atom stereocenters. The summed E-state index contributed by atoms with van der Waals surface area (Å²) in [6, 6.07) is 13.9. The molecule has 0 aliphatic carbocycles. The average molecular weight is 431 g/mol. The SMILES string of the molecule is CC1=NC(C)=C(C(=O)O)C(c2cccc3c(=O)c(C)c(-c4ccccc4)oc23)C1C(=O)O. The summed E-state index contributed by atoms with van der Waals surface area (Å²) in [4.78, 5) is 41.7. The molecule has 1 aliphatic heterocycles. The zero-order chi connectivity index (χ0) is 23.2. The summed E-state index contributed by atoms with van der Waals surface area (Å²) in [7, 11) is 0. The number of hydrogen-bond acceptors (Lipinski definition) is 5. The number of para-hydroxylation sites is 1. The third-order valence-corrected chi connectivity index (χ3v) is 5.87. The van der Waals surface area contributed by atoms with Gasteiger partial charge in [0.2, 0.25) is 0 Å². The predicted octanol–water partition coefficient (Wildman–Crippen LogP) is 4.39. The fourth-order valence-electron chi connectivity index (χ4n) is 4.41. The minimum absolute atomic E-state index is 0.125. The summed E-state index contributed by atoms with van der Waals surface area (Å²) in [5.41, 5.74) is 1.77. The molecular weight excluding hydrogens is 410 g/mol. The quantitative estimate of drug-likeness (QED) is 0.633. The van der Waals surface area contributed by atoms with Crippen LogP contribution in [-0.2, 0) is 9.59 Å². The highest BCUT2D eigenvalue weighted by molar-refractivity contribution is 6.07. The highest BCUT2D eigenvalue weighted by Gasteiger charge is 2.42. The zero-order valence-corrected chi connectivity index (χ0v) is 17.7. The number of allylic oxidation sites excluding steroid dienone is 1. The second-order valence-corrected chi connectivity index (χ2v) is 7.83. The molecule has 2 aromatic carbocycles. The van der Waals surface area contributed by atoms with Crippen LogP contribution in [0.4, 0.5) is 0 Å². The van der Waals surface area contributed by atoms with E-state index < -0.39 is 23.8 Å². The van der Waals surface area contributed by atoms with Crippen LogP contribution in [0.3, 0.4) is 0 Å². The number of aliphatic imine (C=N–C) groups is 1. The number of carbonyl (C=O) groups is 2. The first kappa shape index (κ1) is 21.2. The summed E-state index contributed by atoms with van der Waals surface area (Å²) in [6.07, 6.45) is 0. The number of nitrogens with zero attached hydrogens (tertiary/aromatic N) is 1. The molecule has 7 nitrogen and oxygen atoms in total. The molecule has 0 radical (unpaired) electrons. The minimum atomic E-state index is -1.26. The van der Waals surface area contributed by atoms with Gasteiger partial charge in [0.25, 0.3) is 0 Å². The Morgan fingerprint density at radius 3 is 2.28 bits per heavy atom. The van der Waals surface area contributed by atoms with Gasteiger partial charge in [0.15, 0.2) is 5.43 Å². The largest absolute Gasteiger partial charge is 0.481 e. The van der Waals surface area contributed by atoms with Crippen molar-refractivity contribution in [3.63, 3.8) is 0 Å². The maximum Gasteiger partial charge on any atom is 0.334 e. The highest BCUT2D eigenvalue weighted by atomic mass is 16.4. The van der Waals surface area contributed by atoms with E-state index in [-0.39, 0.29) is 27.7 Å². The maximum absolute atomic E-state index is 13.2. The van der Waals surface area contributed by atoms with Crippen LogP contribution in [-0.4, -0.2) is 27.9 Å². The third kappa shape index (κ3) is 3.32. The van der Waals surface area contributed by atoms with E-state index in [1.165, 1.54) is 0 Å². The van der Waals surface area contributed by atoms with Crippen molar-refractivity contribution in [2.75, 3.05) is 0 Å². The van der Waals surface area contributed by atoms with Crippen molar-refractivity contribution in [3.05, 3.63) is 81.2 Å². The van der Waals surface area contributed by atoms with Crippen LogP contribution in [0.1, 0.15) is 30.9 Å². The molecule has 0 amide bonds. The van der Waals surface area contributed by atoms with Crippen LogP contribution in [0.25, 0.3) is 22.3 Å². The predicted molar refractivity (Wildman–Crippen MR) is 120 cm³/mol. The second kappa shape index (κ2) is 7.92. The van der Waals surface area contributed by atoms with Crippen molar-refractivity contribution >= 4 is 28.6 Å². The van der Waals surface area contributed by atoms with Crippen LogP contribution in [0.2, 0.25) is 0 Å². The van der Waals surface area contributed by atoms with Gasteiger partial charge >= 0.3 is 11.9 Å².